The van der Waals surface area contributed by atoms with Crippen molar-refractivity contribution in [3.05, 3.63) is 71.4 Å². The van der Waals surface area contributed by atoms with E-state index in [4.69, 9.17) is 0 Å². The van der Waals surface area contributed by atoms with Crippen LogP contribution in [-0.2, 0) is 14.3 Å². The quantitative estimate of drug-likeness (QED) is 0.450. The number of amides is 1. The van der Waals surface area contributed by atoms with Crippen molar-refractivity contribution in [3.8, 4) is 6.07 Å². The van der Waals surface area contributed by atoms with Crippen LogP contribution in [0.3, 0.4) is 0 Å². The molecule has 0 spiro atoms. The second-order valence-electron chi connectivity index (χ2n) is 5.37. The molecule has 0 unspecified atom stereocenters. The molecule has 2 aromatic carbocycles. The highest BCUT2D eigenvalue weighted by Gasteiger charge is 2.15. The molecule has 0 aliphatic carbocycles. The predicted molar refractivity (Wildman–Crippen MR) is 102 cm³/mol. The van der Waals surface area contributed by atoms with Gasteiger partial charge < -0.3 is 20.1 Å². The molecule has 142 valence electrons. The van der Waals surface area contributed by atoms with Crippen LogP contribution in [0.15, 0.2) is 60.3 Å². The van der Waals surface area contributed by atoms with Crippen molar-refractivity contribution in [1.29, 1.82) is 5.26 Å². The Kier molecular flexibility index (Phi) is 6.88. The van der Waals surface area contributed by atoms with Gasteiger partial charge in [-0.25, -0.2) is 9.59 Å². The summed E-state index contributed by atoms with van der Waals surface area (Å²) in [6.45, 7) is 0. The minimum atomic E-state index is -0.697. The number of carbonyl (C=O) groups is 3. The van der Waals surface area contributed by atoms with E-state index in [-0.39, 0.29) is 16.8 Å². The molecule has 0 atom stereocenters. The summed E-state index contributed by atoms with van der Waals surface area (Å²) in [6.07, 6.45) is 1.23. The number of para-hydroxylation sites is 1. The van der Waals surface area contributed by atoms with Crippen LogP contribution in [0.2, 0.25) is 0 Å². The highest BCUT2D eigenvalue weighted by Crippen LogP contribution is 2.17. The van der Waals surface area contributed by atoms with Crippen LogP contribution in [0.1, 0.15) is 20.7 Å². The van der Waals surface area contributed by atoms with Crippen molar-refractivity contribution < 1.29 is 23.9 Å². The van der Waals surface area contributed by atoms with E-state index in [2.05, 4.69) is 20.1 Å². The molecule has 0 aliphatic heterocycles. The van der Waals surface area contributed by atoms with E-state index in [0.29, 0.717) is 11.3 Å². The maximum Gasteiger partial charge on any atom is 0.339 e. The molecule has 8 nitrogen and oxygen atoms in total. The first-order chi connectivity index (χ1) is 13.5. The summed E-state index contributed by atoms with van der Waals surface area (Å²) in [4.78, 5) is 35.5. The smallest absolute Gasteiger partial charge is 0.339 e. The van der Waals surface area contributed by atoms with Gasteiger partial charge in [-0.05, 0) is 36.4 Å². The Morgan fingerprint density at radius 3 is 2.21 bits per heavy atom. The van der Waals surface area contributed by atoms with E-state index in [9.17, 15) is 19.6 Å². The van der Waals surface area contributed by atoms with Gasteiger partial charge in [0.2, 0.25) is 0 Å². The van der Waals surface area contributed by atoms with Gasteiger partial charge in [0, 0.05) is 11.9 Å². The van der Waals surface area contributed by atoms with Crippen LogP contribution < -0.4 is 10.6 Å². The van der Waals surface area contributed by atoms with E-state index >= 15 is 0 Å². The first kappa shape index (κ1) is 20.2. The van der Waals surface area contributed by atoms with Crippen molar-refractivity contribution in [2.24, 2.45) is 0 Å². The number of nitrogens with zero attached hydrogens (tertiary/aromatic N) is 1. The molecule has 1 amide bonds. The number of anilines is 2. The first-order valence-electron chi connectivity index (χ1n) is 8.04. The SMILES string of the molecule is COC(=O)c1ccc(N/C=C(/C#N)C(=O)Nc2ccccc2C(=O)OC)cc1. The van der Waals surface area contributed by atoms with Crippen LogP contribution in [0.4, 0.5) is 11.4 Å². The Balaban J connectivity index is 2.13. The molecular formula is C20H17N3O5. The Bertz CT molecular complexity index is 959. The van der Waals surface area contributed by atoms with Crippen molar-refractivity contribution in [3.63, 3.8) is 0 Å². The average molecular weight is 379 g/mol. The number of nitriles is 1. The number of nitrogens with one attached hydrogen (secondary N) is 2. The summed E-state index contributed by atoms with van der Waals surface area (Å²) in [5, 5.41) is 14.6. The lowest BCUT2D eigenvalue weighted by Crippen LogP contribution is -2.17. The van der Waals surface area contributed by atoms with Crippen molar-refractivity contribution in [1.82, 2.24) is 0 Å². The minimum Gasteiger partial charge on any atom is -0.465 e. The number of hydrogen-bond donors (Lipinski definition) is 2. The molecule has 0 aliphatic rings. The number of ether oxygens (including phenoxy) is 2. The lowest BCUT2D eigenvalue weighted by Gasteiger charge is -2.09. The van der Waals surface area contributed by atoms with Crippen LogP contribution in [0.5, 0.6) is 0 Å². The molecule has 8 heteroatoms. The minimum absolute atomic E-state index is 0.169. The average Bonchev–Trinajstić information content (AvgIpc) is 2.73. The first-order valence-corrected chi connectivity index (χ1v) is 8.04. The number of benzene rings is 2. The maximum absolute atomic E-state index is 12.4. The monoisotopic (exact) mass is 379 g/mol. The number of rotatable bonds is 6. The summed E-state index contributed by atoms with van der Waals surface area (Å²) in [7, 11) is 2.52. The zero-order valence-electron chi connectivity index (χ0n) is 15.2. The molecule has 0 radical (unpaired) electrons. The van der Waals surface area contributed by atoms with Gasteiger partial charge in [0.05, 0.1) is 31.0 Å². The maximum atomic E-state index is 12.4. The Hall–Kier alpha value is -4.12. The third-order valence-electron chi connectivity index (χ3n) is 3.63. The van der Waals surface area contributed by atoms with Gasteiger partial charge in [-0.1, -0.05) is 12.1 Å². The van der Waals surface area contributed by atoms with E-state index < -0.39 is 17.8 Å². The lowest BCUT2D eigenvalue weighted by molar-refractivity contribution is -0.112. The van der Waals surface area contributed by atoms with Crippen LogP contribution >= 0.6 is 0 Å². The van der Waals surface area contributed by atoms with Crippen molar-refractivity contribution >= 4 is 29.2 Å². The second kappa shape index (κ2) is 9.54. The molecule has 0 saturated carbocycles. The standard InChI is InChI=1S/C20H17N3O5/c1-27-19(25)13-7-9-15(10-8-13)22-12-14(11-21)18(24)23-17-6-4-3-5-16(17)20(26)28-2/h3-10,12,22H,1-2H3,(H,23,24)/b14-12-. The highest BCUT2D eigenvalue weighted by molar-refractivity contribution is 6.09. The van der Waals surface area contributed by atoms with Crippen molar-refractivity contribution in [2.45, 2.75) is 0 Å². The van der Waals surface area contributed by atoms with Gasteiger partial charge in [-0.3, -0.25) is 4.79 Å². The van der Waals surface area contributed by atoms with E-state index in [0.717, 1.165) is 0 Å². The zero-order valence-corrected chi connectivity index (χ0v) is 15.2. The van der Waals surface area contributed by atoms with E-state index in [1.165, 1.54) is 32.6 Å². The summed E-state index contributed by atoms with van der Waals surface area (Å²) in [6, 6.07) is 14.4. The Morgan fingerprint density at radius 2 is 1.61 bits per heavy atom. The second-order valence-corrected chi connectivity index (χ2v) is 5.37. The van der Waals surface area contributed by atoms with Gasteiger partial charge in [0.15, 0.2) is 0 Å². The molecular weight excluding hydrogens is 362 g/mol. The molecule has 0 fully saturated rings. The highest BCUT2D eigenvalue weighted by atomic mass is 16.5. The largest absolute Gasteiger partial charge is 0.465 e. The van der Waals surface area contributed by atoms with Gasteiger partial charge >= 0.3 is 11.9 Å². The third kappa shape index (κ3) is 4.95. The van der Waals surface area contributed by atoms with Crippen LogP contribution in [0.25, 0.3) is 0 Å². The summed E-state index contributed by atoms with van der Waals surface area (Å²) in [5.41, 5.74) is 1.11. The summed E-state index contributed by atoms with van der Waals surface area (Å²) < 4.78 is 9.28. The fraction of sp³-hybridized carbons (Fsp3) is 0.100. The van der Waals surface area contributed by atoms with Crippen molar-refractivity contribution in [2.75, 3.05) is 24.9 Å². The molecule has 0 saturated heterocycles. The van der Waals surface area contributed by atoms with Gasteiger partial charge in [-0.15, -0.1) is 0 Å². The molecule has 0 bridgehead atoms. The number of hydrogen-bond acceptors (Lipinski definition) is 7. The van der Waals surface area contributed by atoms with E-state index in [1.807, 2.05) is 0 Å². The predicted octanol–water partition coefficient (Wildman–Crippen LogP) is 2.72. The van der Waals surface area contributed by atoms with Gasteiger partial charge in [-0.2, -0.15) is 5.26 Å². The normalized spacial score (nSPS) is 10.4. The number of carbonyl (C=O) groups excluding carboxylic acids is 3. The molecule has 0 heterocycles. The topological polar surface area (TPSA) is 118 Å². The number of esters is 2. The molecule has 28 heavy (non-hydrogen) atoms. The zero-order chi connectivity index (χ0) is 20.5. The summed E-state index contributed by atoms with van der Waals surface area (Å²) in [5.74, 6) is -1.77. The molecule has 2 N–H and O–H groups in total. The Labute approximate surface area is 161 Å². The van der Waals surface area contributed by atoms with Gasteiger partial charge in [0.25, 0.3) is 5.91 Å². The fourth-order valence-electron chi connectivity index (χ4n) is 2.19. The number of methoxy groups -OCH3 is 2. The van der Waals surface area contributed by atoms with E-state index in [1.54, 1.807) is 42.5 Å². The third-order valence-corrected chi connectivity index (χ3v) is 3.63. The molecule has 2 rings (SSSR count). The van der Waals surface area contributed by atoms with Crippen LogP contribution in [0, 0.1) is 11.3 Å². The lowest BCUT2D eigenvalue weighted by atomic mass is 10.1. The fourth-order valence-corrected chi connectivity index (χ4v) is 2.19. The van der Waals surface area contributed by atoms with Crippen LogP contribution in [-0.4, -0.2) is 32.1 Å². The molecule has 0 aromatic heterocycles. The Morgan fingerprint density at radius 1 is 0.964 bits per heavy atom. The molecule has 2 aromatic rings. The van der Waals surface area contributed by atoms with Gasteiger partial charge in [0.1, 0.15) is 11.6 Å². The summed E-state index contributed by atoms with van der Waals surface area (Å²) >= 11 is 0.